The summed E-state index contributed by atoms with van der Waals surface area (Å²) in [6, 6.07) is 5.91. The van der Waals surface area contributed by atoms with E-state index in [9.17, 15) is 14.4 Å². The molecule has 0 spiro atoms. The molecule has 13 heteroatoms. The number of nitrogens with zero attached hydrogens (tertiary/aromatic N) is 3. The Kier molecular flexibility index (Phi) is 10.5. The lowest BCUT2D eigenvalue weighted by molar-refractivity contribution is -0.149. The number of aliphatic imine (C=N–C) groups is 1. The highest BCUT2D eigenvalue weighted by Crippen LogP contribution is 2.46. The number of pyridine rings is 1. The van der Waals surface area contributed by atoms with Gasteiger partial charge in [0.15, 0.2) is 5.13 Å². The number of ether oxygens (including phenoxy) is 3. The van der Waals surface area contributed by atoms with Crippen molar-refractivity contribution in [2.45, 2.75) is 70.5 Å². The number of nitrogens with one attached hydrogen (secondary N) is 3. The number of hydrogen-bond acceptors (Lipinski definition) is 10. The zero-order valence-corrected chi connectivity index (χ0v) is 27.3. The van der Waals surface area contributed by atoms with E-state index in [0.29, 0.717) is 41.2 Å². The lowest BCUT2D eigenvalue weighted by Gasteiger charge is -2.23. The third-order valence-electron chi connectivity index (χ3n) is 7.72. The Morgan fingerprint density at radius 2 is 2.02 bits per heavy atom. The van der Waals surface area contributed by atoms with Crippen molar-refractivity contribution in [2.24, 2.45) is 10.9 Å². The molecular formula is C33H40N6O6S. The van der Waals surface area contributed by atoms with Gasteiger partial charge in [-0.15, -0.1) is 11.3 Å². The standard InChI is InChI=1S/C33H40N6O6S/c1-5-44-30(41)33-18-21(33)10-8-6-7-9-14-34-31(42)37-24(29(40)39-33)13-15-45-28-17-26(27-19-46-32(38-27)35-20(2)3)36-25-16-22(43-4)11-12-23(25)28/h8,10-12,14,16-17,19-21,24H,5-7,9,13,15,18H2,1-4H3,(H,35,38)(H,37,42)(H,39,40)/b10-8-,34-14+/t21-,24+,33-/m1/s1. The monoisotopic (exact) mass is 648 g/mol. The molecule has 3 atom stereocenters. The highest BCUT2D eigenvalue weighted by Gasteiger charge is 2.61. The summed E-state index contributed by atoms with van der Waals surface area (Å²) < 4.78 is 17.0. The van der Waals surface area contributed by atoms with Crippen molar-refractivity contribution < 1.29 is 28.6 Å². The summed E-state index contributed by atoms with van der Waals surface area (Å²) in [6.07, 6.45) is 8.25. The summed E-state index contributed by atoms with van der Waals surface area (Å²) in [5.41, 5.74) is 0.801. The number of esters is 1. The molecule has 244 valence electrons. The second-order valence-corrected chi connectivity index (χ2v) is 12.4. The van der Waals surface area contributed by atoms with E-state index in [1.807, 2.05) is 55.6 Å². The number of hydrogen-bond donors (Lipinski definition) is 3. The van der Waals surface area contributed by atoms with E-state index in [0.717, 1.165) is 23.4 Å². The van der Waals surface area contributed by atoms with E-state index >= 15 is 0 Å². The second-order valence-electron chi connectivity index (χ2n) is 11.5. The van der Waals surface area contributed by atoms with Crippen LogP contribution in [0.1, 0.15) is 52.9 Å². The van der Waals surface area contributed by atoms with Gasteiger partial charge in [0.05, 0.1) is 31.5 Å². The largest absolute Gasteiger partial charge is 0.497 e. The van der Waals surface area contributed by atoms with Gasteiger partial charge in [-0.25, -0.2) is 24.5 Å². The van der Waals surface area contributed by atoms with Crippen molar-refractivity contribution in [3.8, 4) is 22.9 Å². The van der Waals surface area contributed by atoms with E-state index < -0.39 is 29.5 Å². The number of benzene rings is 1. The SMILES string of the molecule is CCOC(=O)[C@@]12C[C@H]1/C=C\CCC/C=N/C(=O)N[C@@H](CCOc1cc(-c3csc(NC(C)C)n3)nc3cc(OC)ccc13)C(=O)N2. The molecule has 1 saturated carbocycles. The number of urea groups is 1. The number of allylic oxidation sites excluding steroid dienone is 1. The number of carbonyl (C=O) groups excluding carboxylic acids is 3. The maximum atomic E-state index is 13.6. The van der Waals surface area contributed by atoms with Crippen LogP contribution in [0.25, 0.3) is 22.3 Å². The van der Waals surface area contributed by atoms with Crippen LogP contribution < -0.4 is 25.4 Å². The summed E-state index contributed by atoms with van der Waals surface area (Å²) in [6.45, 7) is 6.08. The van der Waals surface area contributed by atoms with Crippen molar-refractivity contribution in [3.63, 3.8) is 0 Å². The molecule has 0 unspecified atom stereocenters. The van der Waals surface area contributed by atoms with E-state index in [1.165, 1.54) is 11.3 Å². The van der Waals surface area contributed by atoms with Crippen molar-refractivity contribution in [1.82, 2.24) is 20.6 Å². The van der Waals surface area contributed by atoms with Crippen molar-refractivity contribution in [2.75, 3.05) is 25.6 Å². The van der Waals surface area contributed by atoms with Crippen molar-refractivity contribution in [1.29, 1.82) is 0 Å². The Morgan fingerprint density at radius 3 is 2.80 bits per heavy atom. The predicted octanol–water partition coefficient (Wildman–Crippen LogP) is 5.28. The van der Waals surface area contributed by atoms with Crippen LogP contribution in [0.2, 0.25) is 0 Å². The van der Waals surface area contributed by atoms with E-state index in [4.69, 9.17) is 24.2 Å². The van der Waals surface area contributed by atoms with Gasteiger partial charge in [0.25, 0.3) is 0 Å². The molecule has 1 aliphatic heterocycles. The molecule has 0 radical (unpaired) electrons. The van der Waals surface area contributed by atoms with Gasteiger partial charge in [-0.2, -0.15) is 0 Å². The van der Waals surface area contributed by atoms with Gasteiger partial charge in [0.1, 0.15) is 28.8 Å². The van der Waals surface area contributed by atoms with Gasteiger partial charge in [0.2, 0.25) is 5.91 Å². The molecule has 46 heavy (non-hydrogen) atoms. The minimum Gasteiger partial charge on any atom is -0.497 e. The van der Waals surface area contributed by atoms with Crippen LogP contribution in [0.4, 0.5) is 9.93 Å². The molecule has 0 bridgehead atoms. The number of thiazole rings is 1. The summed E-state index contributed by atoms with van der Waals surface area (Å²) in [7, 11) is 1.59. The third kappa shape index (κ3) is 7.82. The maximum absolute atomic E-state index is 13.6. The van der Waals surface area contributed by atoms with Crippen LogP contribution in [0, 0.1) is 5.92 Å². The fourth-order valence-corrected chi connectivity index (χ4v) is 6.10. The predicted molar refractivity (Wildman–Crippen MR) is 178 cm³/mol. The summed E-state index contributed by atoms with van der Waals surface area (Å²) in [4.78, 5) is 52.7. The lowest BCUT2D eigenvalue weighted by Crippen LogP contribution is -2.54. The molecule has 3 aromatic rings. The first kappa shape index (κ1) is 32.9. The topological polar surface area (TPSA) is 153 Å². The van der Waals surface area contributed by atoms with E-state index in [-0.39, 0.29) is 31.6 Å². The van der Waals surface area contributed by atoms with Gasteiger partial charge in [0, 0.05) is 47.5 Å². The van der Waals surface area contributed by atoms with Crippen LogP contribution in [0.3, 0.4) is 0 Å². The zero-order chi connectivity index (χ0) is 32.7. The van der Waals surface area contributed by atoms with Gasteiger partial charge in [-0.05, 0) is 58.6 Å². The first-order chi connectivity index (χ1) is 22.2. The molecule has 3 heterocycles. The number of rotatable bonds is 10. The van der Waals surface area contributed by atoms with Crippen LogP contribution >= 0.6 is 11.3 Å². The summed E-state index contributed by atoms with van der Waals surface area (Å²) >= 11 is 1.49. The highest BCUT2D eigenvalue weighted by atomic mass is 32.1. The molecule has 3 N–H and O–H groups in total. The summed E-state index contributed by atoms with van der Waals surface area (Å²) in [5.74, 6) is 0.0116. The average molecular weight is 649 g/mol. The molecule has 1 fully saturated rings. The van der Waals surface area contributed by atoms with E-state index in [2.05, 4.69) is 20.9 Å². The minimum atomic E-state index is -1.16. The van der Waals surface area contributed by atoms with Crippen LogP contribution in [-0.4, -0.2) is 72.0 Å². The Bertz CT molecular complexity index is 1640. The van der Waals surface area contributed by atoms with Gasteiger partial charge in [-0.1, -0.05) is 12.2 Å². The fraction of sp³-hybridized carbons (Fsp3) is 0.455. The smallest absolute Gasteiger partial charge is 0.341 e. The number of methoxy groups -OCH3 is 1. The number of carbonyl (C=O) groups is 3. The Hall–Kier alpha value is -4.52. The Labute approximate surface area is 272 Å². The lowest BCUT2D eigenvalue weighted by atomic mass is 10.1. The maximum Gasteiger partial charge on any atom is 0.341 e. The molecule has 0 saturated heterocycles. The van der Waals surface area contributed by atoms with Gasteiger partial charge in [-0.3, -0.25) is 4.79 Å². The first-order valence-corrected chi connectivity index (χ1v) is 16.4. The minimum absolute atomic E-state index is 0.0691. The Morgan fingerprint density at radius 1 is 1.17 bits per heavy atom. The van der Waals surface area contributed by atoms with E-state index in [1.54, 1.807) is 20.2 Å². The first-order valence-electron chi connectivity index (χ1n) is 15.6. The number of amides is 3. The van der Waals surface area contributed by atoms with Crippen LogP contribution in [0.15, 0.2) is 46.8 Å². The quantitative estimate of drug-likeness (QED) is 0.197. The highest BCUT2D eigenvalue weighted by molar-refractivity contribution is 7.14. The second kappa shape index (κ2) is 14.7. The molecule has 1 aromatic carbocycles. The number of fused-ring (bicyclic) bond motifs is 2. The Balaban J connectivity index is 1.38. The molecule has 1 aliphatic carbocycles. The summed E-state index contributed by atoms with van der Waals surface area (Å²) in [5, 5.41) is 12.4. The fourth-order valence-electron chi connectivity index (χ4n) is 5.25. The van der Waals surface area contributed by atoms with Crippen molar-refractivity contribution in [3.05, 3.63) is 41.8 Å². The normalized spacial score (nSPS) is 23.0. The molecular weight excluding hydrogens is 608 g/mol. The van der Waals surface area contributed by atoms with Crippen LogP contribution in [-0.2, 0) is 14.3 Å². The average Bonchev–Trinajstić information content (AvgIpc) is 3.53. The molecule has 5 rings (SSSR count). The number of aromatic nitrogens is 2. The number of anilines is 1. The molecule has 3 amide bonds. The zero-order valence-electron chi connectivity index (χ0n) is 26.5. The molecule has 12 nitrogen and oxygen atoms in total. The van der Waals surface area contributed by atoms with Gasteiger partial charge < -0.3 is 30.2 Å². The van der Waals surface area contributed by atoms with Crippen molar-refractivity contribution >= 4 is 51.5 Å². The molecule has 2 aliphatic rings. The van der Waals surface area contributed by atoms with Crippen LogP contribution in [0.5, 0.6) is 11.5 Å². The van der Waals surface area contributed by atoms with Gasteiger partial charge >= 0.3 is 12.0 Å². The third-order valence-corrected chi connectivity index (χ3v) is 8.49. The molecule has 2 aromatic heterocycles.